The maximum Gasteiger partial charge on any atom is 0.194 e. The highest BCUT2D eigenvalue weighted by Gasteiger charge is 2.29. The van der Waals surface area contributed by atoms with Gasteiger partial charge in [-0.3, -0.25) is 9.59 Å². The summed E-state index contributed by atoms with van der Waals surface area (Å²) in [6.45, 7) is 4.06. The molecule has 100 valence electrons. The summed E-state index contributed by atoms with van der Waals surface area (Å²) in [5, 5.41) is 3.25. The quantitative estimate of drug-likeness (QED) is 0.773. The molecule has 0 radical (unpaired) electrons. The van der Waals surface area contributed by atoms with Crippen LogP contribution in [0.25, 0.3) is 0 Å². The minimum absolute atomic E-state index is 0.0775. The van der Waals surface area contributed by atoms with E-state index >= 15 is 0 Å². The first kappa shape index (κ1) is 12.6. The van der Waals surface area contributed by atoms with Gasteiger partial charge in [-0.2, -0.15) is 0 Å². The zero-order valence-electron chi connectivity index (χ0n) is 11.4. The molecule has 0 unspecified atom stereocenters. The molecular weight excluding hydrogens is 250 g/mol. The van der Waals surface area contributed by atoms with Crippen LogP contribution in [-0.4, -0.2) is 17.6 Å². The Morgan fingerprint density at radius 1 is 0.800 bits per heavy atom. The lowest BCUT2D eigenvalue weighted by atomic mass is 9.84. The van der Waals surface area contributed by atoms with Gasteiger partial charge in [0.25, 0.3) is 0 Å². The average molecular weight is 265 g/mol. The molecule has 20 heavy (non-hydrogen) atoms. The van der Waals surface area contributed by atoms with E-state index < -0.39 is 0 Å². The second-order valence-corrected chi connectivity index (χ2v) is 5.26. The Bertz CT molecular complexity index is 717. The van der Waals surface area contributed by atoms with E-state index in [4.69, 9.17) is 0 Å². The van der Waals surface area contributed by atoms with Gasteiger partial charge in [-0.25, -0.2) is 0 Å². The van der Waals surface area contributed by atoms with Crippen LogP contribution in [0.4, 0.5) is 5.69 Å². The number of hydrogen-bond donors (Lipinski definition) is 1. The van der Waals surface area contributed by atoms with Crippen LogP contribution in [0, 0.1) is 0 Å². The first-order valence-corrected chi connectivity index (χ1v) is 6.67. The smallest absolute Gasteiger partial charge is 0.194 e. The number of anilines is 1. The second-order valence-electron chi connectivity index (χ2n) is 5.26. The van der Waals surface area contributed by atoms with Crippen molar-refractivity contribution in [3.05, 3.63) is 64.7 Å². The molecule has 0 fully saturated rings. The highest BCUT2D eigenvalue weighted by atomic mass is 16.1. The molecule has 0 atom stereocenters. The number of ketones is 2. The van der Waals surface area contributed by atoms with Gasteiger partial charge in [-0.05, 0) is 32.0 Å². The standard InChI is InChI=1S/C17H15NO2/c1-10(2)18-11-7-8-14-15(9-11)17(20)13-6-4-3-5-12(13)16(14)19/h3-10,18H,1-2H3. The molecule has 0 aliphatic heterocycles. The van der Waals surface area contributed by atoms with E-state index in [1.165, 1.54) is 0 Å². The molecule has 3 rings (SSSR count). The Hall–Kier alpha value is -2.42. The third kappa shape index (κ3) is 1.92. The fraction of sp³-hybridized carbons (Fsp3) is 0.176. The highest BCUT2D eigenvalue weighted by molar-refractivity contribution is 6.28. The minimum Gasteiger partial charge on any atom is -0.383 e. The van der Waals surface area contributed by atoms with Crippen LogP contribution in [0.2, 0.25) is 0 Å². The zero-order chi connectivity index (χ0) is 14.3. The van der Waals surface area contributed by atoms with E-state index in [1.54, 1.807) is 36.4 Å². The summed E-state index contributed by atoms with van der Waals surface area (Å²) in [7, 11) is 0. The molecule has 1 aliphatic rings. The fourth-order valence-corrected chi connectivity index (χ4v) is 2.52. The monoisotopic (exact) mass is 265 g/mol. The van der Waals surface area contributed by atoms with Gasteiger partial charge in [-0.15, -0.1) is 0 Å². The van der Waals surface area contributed by atoms with Gasteiger partial charge in [0.1, 0.15) is 0 Å². The normalized spacial score (nSPS) is 13.2. The van der Waals surface area contributed by atoms with E-state index in [-0.39, 0.29) is 17.6 Å². The summed E-state index contributed by atoms with van der Waals surface area (Å²) in [4.78, 5) is 24.9. The SMILES string of the molecule is CC(C)Nc1ccc2c(c1)C(=O)c1ccccc1C2=O. The van der Waals surface area contributed by atoms with Gasteiger partial charge in [0, 0.05) is 34.0 Å². The number of rotatable bonds is 2. The molecule has 1 aliphatic carbocycles. The third-order valence-electron chi connectivity index (χ3n) is 3.38. The number of nitrogens with one attached hydrogen (secondary N) is 1. The summed E-state index contributed by atoms with van der Waals surface area (Å²) < 4.78 is 0. The predicted octanol–water partition coefficient (Wildman–Crippen LogP) is 3.28. The Labute approximate surface area is 117 Å². The molecule has 0 saturated carbocycles. The van der Waals surface area contributed by atoms with Crippen LogP contribution in [-0.2, 0) is 0 Å². The number of hydrogen-bond acceptors (Lipinski definition) is 3. The van der Waals surface area contributed by atoms with Crippen LogP contribution in [0.5, 0.6) is 0 Å². The summed E-state index contributed by atoms with van der Waals surface area (Å²) in [6, 6.07) is 12.6. The molecule has 0 spiro atoms. The van der Waals surface area contributed by atoms with Crippen molar-refractivity contribution >= 4 is 17.3 Å². The molecule has 2 aromatic carbocycles. The largest absolute Gasteiger partial charge is 0.383 e. The second kappa shape index (κ2) is 4.60. The van der Waals surface area contributed by atoms with Crippen LogP contribution < -0.4 is 5.32 Å². The van der Waals surface area contributed by atoms with Crippen molar-refractivity contribution in [2.45, 2.75) is 19.9 Å². The van der Waals surface area contributed by atoms with Crippen molar-refractivity contribution in [3.63, 3.8) is 0 Å². The van der Waals surface area contributed by atoms with Crippen LogP contribution in [0.1, 0.15) is 45.7 Å². The molecular formula is C17H15NO2. The summed E-state index contributed by atoms with van der Waals surface area (Å²) in [5.41, 5.74) is 2.82. The fourth-order valence-electron chi connectivity index (χ4n) is 2.52. The van der Waals surface area contributed by atoms with Crippen molar-refractivity contribution in [3.8, 4) is 0 Å². The van der Waals surface area contributed by atoms with Crippen LogP contribution in [0.15, 0.2) is 42.5 Å². The lowest BCUT2D eigenvalue weighted by Crippen LogP contribution is -2.21. The van der Waals surface area contributed by atoms with E-state index in [0.717, 1.165) is 5.69 Å². The summed E-state index contributed by atoms with van der Waals surface area (Å²) in [6.07, 6.45) is 0. The summed E-state index contributed by atoms with van der Waals surface area (Å²) in [5.74, 6) is -0.158. The van der Waals surface area contributed by atoms with Crippen molar-refractivity contribution < 1.29 is 9.59 Å². The Balaban J connectivity index is 2.13. The lowest BCUT2D eigenvalue weighted by Gasteiger charge is -2.19. The molecule has 3 nitrogen and oxygen atoms in total. The van der Waals surface area contributed by atoms with E-state index in [0.29, 0.717) is 22.3 Å². The average Bonchev–Trinajstić information content (AvgIpc) is 2.44. The molecule has 0 amide bonds. The van der Waals surface area contributed by atoms with Crippen molar-refractivity contribution in [2.75, 3.05) is 5.32 Å². The molecule has 0 bridgehead atoms. The number of carbonyl (C=O) groups excluding carboxylic acids is 2. The number of carbonyl (C=O) groups is 2. The first-order chi connectivity index (χ1) is 9.58. The van der Waals surface area contributed by atoms with Crippen molar-refractivity contribution in [1.82, 2.24) is 0 Å². The molecule has 0 heterocycles. The number of fused-ring (bicyclic) bond motifs is 2. The molecule has 0 saturated heterocycles. The molecule has 2 aromatic rings. The Morgan fingerprint density at radius 3 is 1.95 bits per heavy atom. The molecule has 0 aromatic heterocycles. The van der Waals surface area contributed by atoms with Gasteiger partial charge >= 0.3 is 0 Å². The van der Waals surface area contributed by atoms with Gasteiger partial charge < -0.3 is 5.32 Å². The number of benzene rings is 2. The highest BCUT2D eigenvalue weighted by Crippen LogP contribution is 2.29. The topological polar surface area (TPSA) is 46.2 Å². The van der Waals surface area contributed by atoms with E-state index in [9.17, 15) is 9.59 Å². The van der Waals surface area contributed by atoms with Gasteiger partial charge in [-0.1, -0.05) is 24.3 Å². The lowest BCUT2D eigenvalue weighted by molar-refractivity contribution is 0.0979. The minimum atomic E-state index is -0.0809. The van der Waals surface area contributed by atoms with Gasteiger partial charge in [0.15, 0.2) is 11.6 Å². The predicted molar refractivity (Wildman–Crippen MR) is 78.5 cm³/mol. The van der Waals surface area contributed by atoms with E-state index in [1.807, 2.05) is 19.9 Å². The third-order valence-corrected chi connectivity index (χ3v) is 3.38. The van der Waals surface area contributed by atoms with Crippen LogP contribution in [0.3, 0.4) is 0 Å². The molecule has 3 heteroatoms. The maximum atomic E-state index is 12.5. The Kier molecular flexibility index (Phi) is 2.90. The van der Waals surface area contributed by atoms with Crippen LogP contribution >= 0.6 is 0 Å². The van der Waals surface area contributed by atoms with Gasteiger partial charge in [0.2, 0.25) is 0 Å². The van der Waals surface area contributed by atoms with Gasteiger partial charge in [0.05, 0.1) is 0 Å². The Morgan fingerprint density at radius 2 is 1.35 bits per heavy atom. The van der Waals surface area contributed by atoms with Crippen molar-refractivity contribution in [1.29, 1.82) is 0 Å². The summed E-state index contributed by atoms with van der Waals surface area (Å²) >= 11 is 0. The van der Waals surface area contributed by atoms with E-state index in [2.05, 4.69) is 5.32 Å². The van der Waals surface area contributed by atoms with Crippen molar-refractivity contribution in [2.24, 2.45) is 0 Å². The maximum absolute atomic E-state index is 12.5. The first-order valence-electron chi connectivity index (χ1n) is 6.67. The zero-order valence-corrected chi connectivity index (χ0v) is 11.4. The molecule has 1 N–H and O–H groups in total.